The van der Waals surface area contributed by atoms with Crippen molar-refractivity contribution in [2.75, 3.05) is 5.43 Å². The zero-order chi connectivity index (χ0) is 13.0. The molecule has 4 N–H and O–H groups in total. The van der Waals surface area contributed by atoms with Gasteiger partial charge in [0.1, 0.15) is 5.69 Å². The van der Waals surface area contributed by atoms with Crippen molar-refractivity contribution < 1.29 is 9.32 Å². The van der Waals surface area contributed by atoms with Crippen LogP contribution in [-0.2, 0) is 6.54 Å². The smallest absolute Gasteiger partial charge is 0.270 e. The highest BCUT2D eigenvalue weighted by atomic mass is 16.5. The second kappa shape index (κ2) is 5.23. The summed E-state index contributed by atoms with van der Waals surface area (Å²) in [4.78, 5) is 19.6. The normalized spacial score (nSPS) is 10.1. The number of carbonyl (C=O) groups is 1. The van der Waals surface area contributed by atoms with Crippen molar-refractivity contribution in [1.29, 1.82) is 0 Å². The topological polar surface area (TPSA) is 119 Å². The molecular formula is C10H12N6O2. The molecule has 0 radical (unpaired) electrons. The predicted molar refractivity (Wildman–Crippen MR) is 62.3 cm³/mol. The Morgan fingerprint density at radius 3 is 2.89 bits per heavy atom. The highest BCUT2D eigenvalue weighted by Gasteiger charge is 2.09. The number of rotatable bonds is 4. The van der Waals surface area contributed by atoms with Gasteiger partial charge in [0.15, 0.2) is 5.82 Å². The monoisotopic (exact) mass is 248 g/mol. The molecule has 0 fully saturated rings. The average Bonchev–Trinajstić information content (AvgIpc) is 2.82. The summed E-state index contributed by atoms with van der Waals surface area (Å²) in [5.74, 6) is 5.74. The van der Waals surface area contributed by atoms with Gasteiger partial charge in [-0.15, -0.1) is 0 Å². The number of hydrogen-bond acceptors (Lipinski definition) is 7. The number of nitrogens with one attached hydrogen (secondary N) is 2. The van der Waals surface area contributed by atoms with Gasteiger partial charge in [0, 0.05) is 0 Å². The first-order chi connectivity index (χ1) is 8.69. The third kappa shape index (κ3) is 2.80. The van der Waals surface area contributed by atoms with Crippen LogP contribution >= 0.6 is 0 Å². The van der Waals surface area contributed by atoms with Crippen LogP contribution in [0.2, 0.25) is 0 Å². The minimum atomic E-state index is -0.325. The van der Waals surface area contributed by atoms with Crippen LogP contribution in [-0.4, -0.2) is 21.0 Å². The number of hydrazine groups is 1. The Balaban J connectivity index is 1.94. The molecular weight excluding hydrogens is 236 g/mol. The van der Waals surface area contributed by atoms with Gasteiger partial charge < -0.3 is 15.3 Å². The second-order valence-corrected chi connectivity index (χ2v) is 3.49. The van der Waals surface area contributed by atoms with Crippen molar-refractivity contribution in [3.63, 3.8) is 0 Å². The molecule has 8 heteroatoms. The van der Waals surface area contributed by atoms with E-state index in [0.717, 1.165) is 0 Å². The molecule has 0 saturated carbocycles. The minimum absolute atomic E-state index is 0.165. The maximum atomic E-state index is 11.7. The van der Waals surface area contributed by atoms with E-state index in [0.29, 0.717) is 17.4 Å². The van der Waals surface area contributed by atoms with E-state index in [4.69, 9.17) is 10.4 Å². The zero-order valence-corrected chi connectivity index (χ0v) is 9.67. The molecule has 8 nitrogen and oxygen atoms in total. The molecule has 2 rings (SSSR count). The highest BCUT2D eigenvalue weighted by molar-refractivity contribution is 5.92. The summed E-state index contributed by atoms with van der Waals surface area (Å²) < 4.78 is 4.86. The van der Waals surface area contributed by atoms with Crippen molar-refractivity contribution in [2.24, 2.45) is 5.84 Å². The van der Waals surface area contributed by atoms with E-state index in [2.05, 4.69) is 25.9 Å². The fraction of sp³-hybridized carbons (Fsp3) is 0.200. The number of hydrogen-bond donors (Lipinski definition) is 3. The molecule has 0 spiro atoms. The van der Waals surface area contributed by atoms with Gasteiger partial charge in [-0.1, -0.05) is 5.16 Å². The number of carbonyl (C=O) groups excluding carboxylic acids is 1. The molecule has 0 bridgehead atoms. The summed E-state index contributed by atoms with van der Waals surface area (Å²) in [5, 5.41) is 6.23. The summed E-state index contributed by atoms with van der Waals surface area (Å²) >= 11 is 0. The Kier molecular flexibility index (Phi) is 3.49. The third-order valence-corrected chi connectivity index (χ3v) is 2.13. The van der Waals surface area contributed by atoms with Crippen molar-refractivity contribution in [2.45, 2.75) is 13.5 Å². The van der Waals surface area contributed by atoms with Gasteiger partial charge in [0.2, 0.25) is 5.89 Å². The van der Waals surface area contributed by atoms with E-state index in [9.17, 15) is 4.79 Å². The quantitative estimate of drug-likeness (QED) is 0.514. The minimum Gasteiger partial charge on any atom is -0.342 e. The number of nitrogen functional groups attached to an aromatic ring is 1. The number of pyridine rings is 1. The molecule has 18 heavy (non-hydrogen) atoms. The van der Waals surface area contributed by atoms with Gasteiger partial charge in [-0.05, 0) is 19.1 Å². The number of nitrogens with zero attached hydrogens (tertiary/aromatic N) is 3. The van der Waals surface area contributed by atoms with E-state index in [1.54, 1.807) is 19.1 Å². The molecule has 0 aliphatic heterocycles. The van der Waals surface area contributed by atoms with E-state index >= 15 is 0 Å². The van der Waals surface area contributed by atoms with Crippen LogP contribution in [0, 0.1) is 6.92 Å². The van der Waals surface area contributed by atoms with Gasteiger partial charge in [0.05, 0.1) is 18.4 Å². The largest absolute Gasteiger partial charge is 0.342 e. The van der Waals surface area contributed by atoms with Crippen LogP contribution in [0.1, 0.15) is 22.2 Å². The van der Waals surface area contributed by atoms with Gasteiger partial charge in [0.25, 0.3) is 5.91 Å². The Bertz CT molecular complexity index is 536. The van der Waals surface area contributed by atoms with Gasteiger partial charge in [-0.25, -0.2) is 4.98 Å². The lowest BCUT2D eigenvalue weighted by Crippen LogP contribution is -2.24. The van der Waals surface area contributed by atoms with Gasteiger partial charge >= 0.3 is 0 Å². The molecule has 0 aromatic carbocycles. The number of aromatic nitrogens is 3. The molecule has 2 aromatic rings. The second-order valence-electron chi connectivity index (χ2n) is 3.49. The highest BCUT2D eigenvalue weighted by Crippen LogP contribution is 2.04. The summed E-state index contributed by atoms with van der Waals surface area (Å²) in [5.41, 5.74) is 3.33. The molecule has 94 valence electrons. The van der Waals surface area contributed by atoms with Gasteiger partial charge in [-0.2, -0.15) is 4.98 Å². The average molecular weight is 248 g/mol. The number of nitrogens with two attached hydrogens (primary N) is 1. The van der Waals surface area contributed by atoms with Crippen LogP contribution in [0.15, 0.2) is 22.9 Å². The van der Waals surface area contributed by atoms with Crippen molar-refractivity contribution >= 4 is 11.6 Å². The van der Waals surface area contributed by atoms with Crippen LogP contribution < -0.4 is 16.6 Å². The van der Waals surface area contributed by atoms with E-state index < -0.39 is 0 Å². The first-order valence-electron chi connectivity index (χ1n) is 5.19. The van der Waals surface area contributed by atoms with Crippen LogP contribution in [0.25, 0.3) is 0 Å². The van der Waals surface area contributed by atoms with Crippen LogP contribution in [0.4, 0.5) is 5.69 Å². The molecule has 0 atom stereocenters. The number of aryl methyl sites for hydroxylation is 1. The van der Waals surface area contributed by atoms with Crippen molar-refractivity contribution in [1.82, 2.24) is 20.4 Å². The van der Waals surface area contributed by atoms with Crippen LogP contribution in [0.5, 0.6) is 0 Å². The number of amides is 1. The van der Waals surface area contributed by atoms with E-state index in [-0.39, 0.29) is 18.1 Å². The van der Waals surface area contributed by atoms with Crippen molar-refractivity contribution in [3.05, 3.63) is 35.7 Å². The van der Waals surface area contributed by atoms with Gasteiger partial charge in [-0.3, -0.25) is 10.6 Å². The predicted octanol–water partition coefficient (Wildman–Crippen LogP) is -0.0114. The Labute approximate surface area is 103 Å². The first kappa shape index (κ1) is 12.0. The lowest BCUT2D eigenvalue weighted by molar-refractivity contribution is 0.0941. The van der Waals surface area contributed by atoms with E-state index in [1.807, 2.05) is 0 Å². The number of anilines is 1. The summed E-state index contributed by atoms with van der Waals surface area (Å²) in [7, 11) is 0. The fourth-order valence-corrected chi connectivity index (χ4v) is 1.27. The SMILES string of the molecule is Cc1noc(CNC(=O)c2ccc(NN)cn2)n1. The summed E-state index contributed by atoms with van der Waals surface area (Å²) in [6.07, 6.45) is 1.46. The Morgan fingerprint density at radius 2 is 2.33 bits per heavy atom. The maximum Gasteiger partial charge on any atom is 0.270 e. The standard InChI is InChI=1S/C10H12N6O2/c1-6-14-9(18-16-6)5-13-10(17)8-3-2-7(15-11)4-12-8/h2-4,15H,5,11H2,1H3,(H,13,17). The zero-order valence-electron chi connectivity index (χ0n) is 9.67. The Morgan fingerprint density at radius 1 is 1.50 bits per heavy atom. The lowest BCUT2D eigenvalue weighted by Gasteiger charge is -2.03. The molecule has 0 unspecified atom stereocenters. The molecule has 0 aliphatic carbocycles. The molecule has 2 aromatic heterocycles. The Hall–Kier alpha value is -2.48. The molecule has 2 heterocycles. The molecule has 1 amide bonds. The van der Waals surface area contributed by atoms with Crippen LogP contribution in [0.3, 0.4) is 0 Å². The molecule has 0 saturated heterocycles. The van der Waals surface area contributed by atoms with Crippen molar-refractivity contribution in [3.8, 4) is 0 Å². The first-order valence-corrected chi connectivity index (χ1v) is 5.19. The summed E-state index contributed by atoms with van der Waals surface area (Å²) in [6.45, 7) is 1.87. The summed E-state index contributed by atoms with van der Waals surface area (Å²) in [6, 6.07) is 3.21. The maximum absolute atomic E-state index is 11.7. The fourth-order valence-electron chi connectivity index (χ4n) is 1.27. The lowest BCUT2D eigenvalue weighted by atomic mass is 10.3. The third-order valence-electron chi connectivity index (χ3n) is 2.13. The molecule has 0 aliphatic rings. The van der Waals surface area contributed by atoms with E-state index in [1.165, 1.54) is 6.20 Å².